The number of rotatable bonds is 5. The van der Waals surface area contributed by atoms with Gasteiger partial charge in [0.05, 0.1) is 5.75 Å². The van der Waals surface area contributed by atoms with Crippen LogP contribution in [-0.4, -0.2) is 17.8 Å². The highest BCUT2D eigenvalue weighted by Crippen LogP contribution is 2.38. The lowest BCUT2D eigenvalue weighted by molar-refractivity contribution is -0.148. The first-order valence-electron chi connectivity index (χ1n) is 9.66. The van der Waals surface area contributed by atoms with Crippen molar-refractivity contribution in [3.8, 4) is 0 Å². The third-order valence-electron chi connectivity index (χ3n) is 5.31. The molecule has 0 aromatic heterocycles. The van der Waals surface area contributed by atoms with E-state index in [0.717, 1.165) is 24.2 Å². The van der Waals surface area contributed by atoms with Crippen LogP contribution in [0.15, 0.2) is 77.7 Å². The van der Waals surface area contributed by atoms with Crippen LogP contribution >= 0.6 is 11.8 Å². The summed E-state index contributed by atoms with van der Waals surface area (Å²) in [7, 11) is 0. The maximum Gasteiger partial charge on any atom is 0.316 e. The van der Waals surface area contributed by atoms with E-state index in [1.165, 1.54) is 22.8 Å². The Morgan fingerprint density at radius 1 is 0.889 bits per heavy atom. The average Bonchev–Trinajstić information content (AvgIpc) is 2.73. The fourth-order valence-electron chi connectivity index (χ4n) is 4.03. The van der Waals surface area contributed by atoms with Crippen LogP contribution in [0.2, 0.25) is 0 Å². The minimum atomic E-state index is -0.110. The number of carbonyl (C=O) groups is 1. The van der Waals surface area contributed by atoms with Gasteiger partial charge in [-0.1, -0.05) is 67.1 Å². The first-order chi connectivity index (χ1) is 13.3. The van der Waals surface area contributed by atoms with Crippen molar-refractivity contribution in [1.82, 2.24) is 0 Å². The summed E-state index contributed by atoms with van der Waals surface area (Å²) in [5.41, 5.74) is 1.32. The summed E-state index contributed by atoms with van der Waals surface area (Å²) in [6.45, 7) is 0. The number of thioether (sulfide) groups is 1. The van der Waals surface area contributed by atoms with Crippen molar-refractivity contribution in [3.05, 3.63) is 78.4 Å². The van der Waals surface area contributed by atoms with Crippen LogP contribution in [0.4, 0.5) is 0 Å². The average molecular weight is 377 g/mol. The molecule has 2 atom stereocenters. The van der Waals surface area contributed by atoms with Gasteiger partial charge in [0.25, 0.3) is 0 Å². The highest BCUT2D eigenvalue weighted by molar-refractivity contribution is 8.00. The molecule has 0 unspecified atom stereocenters. The number of hydrogen-bond donors (Lipinski definition) is 0. The van der Waals surface area contributed by atoms with E-state index in [9.17, 15) is 4.79 Å². The minimum Gasteiger partial charge on any atom is -0.461 e. The summed E-state index contributed by atoms with van der Waals surface area (Å²) in [5, 5.41) is 2.54. The van der Waals surface area contributed by atoms with E-state index in [0.29, 0.717) is 5.75 Å². The number of hydrogen-bond acceptors (Lipinski definition) is 3. The van der Waals surface area contributed by atoms with Crippen molar-refractivity contribution in [2.24, 2.45) is 0 Å². The van der Waals surface area contributed by atoms with E-state index >= 15 is 0 Å². The molecule has 138 valence electrons. The summed E-state index contributed by atoms with van der Waals surface area (Å²) in [5.74, 6) is 0.541. The first-order valence-corrected chi connectivity index (χ1v) is 10.6. The Morgan fingerprint density at radius 3 is 2.52 bits per heavy atom. The lowest BCUT2D eigenvalue weighted by atomic mass is 9.80. The second-order valence-corrected chi connectivity index (χ2v) is 8.14. The normalized spacial score (nSPS) is 19.7. The van der Waals surface area contributed by atoms with Gasteiger partial charge in [0.1, 0.15) is 6.10 Å². The molecule has 1 saturated carbocycles. The predicted molar refractivity (Wildman–Crippen MR) is 112 cm³/mol. The smallest absolute Gasteiger partial charge is 0.316 e. The zero-order valence-corrected chi connectivity index (χ0v) is 16.2. The summed E-state index contributed by atoms with van der Waals surface area (Å²) < 4.78 is 5.97. The van der Waals surface area contributed by atoms with Gasteiger partial charge < -0.3 is 4.74 Å². The molecule has 0 spiro atoms. The van der Waals surface area contributed by atoms with Crippen molar-refractivity contribution >= 4 is 28.5 Å². The van der Waals surface area contributed by atoms with Crippen LogP contribution in [0.3, 0.4) is 0 Å². The van der Waals surface area contributed by atoms with Crippen LogP contribution < -0.4 is 0 Å². The molecule has 0 N–H and O–H groups in total. The first kappa shape index (κ1) is 18.1. The largest absolute Gasteiger partial charge is 0.461 e. The van der Waals surface area contributed by atoms with Gasteiger partial charge in [-0.2, -0.15) is 0 Å². The number of esters is 1. The van der Waals surface area contributed by atoms with Gasteiger partial charge in [0, 0.05) is 10.8 Å². The van der Waals surface area contributed by atoms with Crippen molar-refractivity contribution < 1.29 is 9.53 Å². The molecule has 0 amide bonds. The molecule has 0 aliphatic heterocycles. The number of ether oxygens (including phenoxy) is 1. The van der Waals surface area contributed by atoms with Gasteiger partial charge >= 0.3 is 5.97 Å². The molecule has 3 aromatic rings. The highest BCUT2D eigenvalue weighted by atomic mass is 32.2. The quantitative estimate of drug-likeness (QED) is 0.392. The molecule has 1 aliphatic carbocycles. The van der Waals surface area contributed by atoms with Gasteiger partial charge in [-0.05, 0) is 47.7 Å². The lowest BCUT2D eigenvalue weighted by Crippen LogP contribution is -2.29. The fourth-order valence-corrected chi connectivity index (χ4v) is 4.73. The van der Waals surface area contributed by atoms with E-state index in [1.807, 2.05) is 30.3 Å². The third kappa shape index (κ3) is 4.36. The van der Waals surface area contributed by atoms with Crippen LogP contribution in [0.1, 0.15) is 37.2 Å². The van der Waals surface area contributed by atoms with Gasteiger partial charge in [-0.25, -0.2) is 0 Å². The standard InChI is InChI=1S/C24H24O2S/c25-24(17-27-19-11-2-1-3-12-19)26-23-16-7-6-14-22(23)21-15-8-10-18-9-4-5-13-20(18)21/h1-5,8-13,15,22-23H,6-7,14,16-17H2/t22-,23+/m0/s1. The monoisotopic (exact) mass is 376 g/mol. The van der Waals surface area contributed by atoms with E-state index in [1.54, 1.807) is 11.8 Å². The van der Waals surface area contributed by atoms with Crippen LogP contribution in [0, 0.1) is 0 Å². The van der Waals surface area contributed by atoms with Crippen LogP contribution in [0.5, 0.6) is 0 Å². The molecular weight excluding hydrogens is 352 g/mol. The maximum absolute atomic E-state index is 12.5. The Balaban J connectivity index is 1.48. The molecule has 1 aliphatic rings. The fraction of sp³-hybridized carbons (Fsp3) is 0.292. The molecule has 0 bridgehead atoms. The Bertz CT molecular complexity index is 901. The number of benzene rings is 3. The number of fused-ring (bicyclic) bond motifs is 1. The molecule has 3 heteroatoms. The molecule has 27 heavy (non-hydrogen) atoms. The summed E-state index contributed by atoms with van der Waals surface area (Å²) in [4.78, 5) is 13.6. The van der Waals surface area contributed by atoms with Crippen molar-refractivity contribution in [2.75, 3.05) is 5.75 Å². The van der Waals surface area contributed by atoms with Gasteiger partial charge in [-0.3, -0.25) is 4.79 Å². The Kier molecular flexibility index (Phi) is 5.78. The van der Waals surface area contributed by atoms with E-state index in [4.69, 9.17) is 4.74 Å². The minimum absolute atomic E-state index is 0.0200. The lowest BCUT2D eigenvalue weighted by Gasteiger charge is -2.32. The Labute approximate surface area is 164 Å². The van der Waals surface area contributed by atoms with Gasteiger partial charge in [0.2, 0.25) is 0 Å². The van der Waals surface area contributed by atoms with Crippen molar-refractivity contribution in [1.29, 1.82) is 0 Å². The topological polar surface area (TPSA) is 26.3 Å². The van der Waals surface area contributed by atoms with E-state index in [-0.39, 0.29) is 18.0 Å². The molecular formula is C24H24O2S. The predicted octanol–water partition coefficient (Wildman–Crippen LogP) is 6.20. The molecule has 4 rings (SSSR count). The molecule has 1 fully saturated rings. The van der Waals surface area contributed by atoms with Gasteiger partial charge in [0.15, 0.2) is 0 Å². The summed E-state index contributed by atoms with van der Waals surface area (Å²) in [6, 6.07) is 25.0. The highest BCUT2D eigenvalue weighted by Gasteiger charge is 2.30. The molecule has 2 nitrogen and oxygen atoms in total. The molecule has 3 aromatic carbocycles. The van der Waals surface area contributed by atoms with Gasteiger partial charge in [-0.15, -0.1) is 11.8 Å². The molecule has 0 radical (unpaired) electrons. The van der Waals surface area contributed by atoms with Crippen LogP contribution in [0.25, 0.3) is 10.8 Å². The Morgan fingerprint density at radius 2 is 1.63 bits per heavy atom. The second kappa shape index (κ2) is 8.62. The summed E-state index contributed by atoms with van der Waals surface area (Å²) >= 11 is 1.54. The van der Waals surface area contributed by atoms with Crippen molar-refractivity contribution in [2.45, 2.75) is 42.6 Å². The van der Waals surface area contributed by atoms with Crippen molar-refractivity contribution in [3.63, 3.8) is 0 Å². The number of carbonyl (C=O) groups excluding carboxylic acids is 1. The maximum atomic E-state index is 12.5. The zero-order valence-electron chi connectivity index (χ0n) is 15.3. The summed E-state index contributed by atoms with van der Waals surface area (Å²) in [6.07, 6.45) is 4.34. The SMILES string of the molecule is O=C(CSc1ccccc1)O[C@@H]1CCCC[C@H]1c1cccc2ccccc12. The Hall–Kier alpha value is -2.26. The van der Waals surface area contributed by atoms with E-state index in [2.05, 4.69) is 42.5 Å². The van der Waals surface area contributed by atoms with E-state index < -0.39 is 0 Å². The zero-order chi connectivity index (χ0) is 18.5. The second-order valence-electron chi connectivity index (χ2n) is 7.09. The molecule has 0 saturated heterocycles. The third-order valence-corrected chi connectivity index (χ3v) is 6.29. The molecule has 0 heterocycles. The van der Waals surface area contributed by atoms with Crippen LogP contribution in [-0.2, 0) is 9.53 Å².